The van der Waals surface area contributed by atoms with Crippen molar-refractivity contribution in [2.45, 2.75) is 22.7 Å². The fourth-order valence-electron chi connectivity index (χ4n) is 1.64. The third-order valence-electron chi connectivity index (χ3n) is 2.46. The molecule has 90 valence electrons. The van der Waals surface area contributed by atoms with E-state index in [1.807, 2.05) is 30.3 Å². The normalized spacial score (nSPS) is 23.2. The predicted molar refractivity (Wildman–Crippen MR) is 62.4 cm³/mol. The van der Waals surface area contributed by atoms with E-state index in [-0.39, 0.29) is 12.4 Å². The number of carbonyl (C=O) groups excluding carboxylic acids is 2. The van der Waals surface area contributed by atoms with Gasteiger partial charge in [-0.25, -0.2) is 4.79 Å². The van der Waals surface area contributed by atoms with E-state index >= 15 is 0 Å². The van der Waals surface area contributed by atoms with Crippen LogP contribution < -0.4 is 0 Å². The predicted octanol–water partition coefficient (Wildman–Crippen LogP) is 1.98. The zero-order valence-corrected chi connectivity index (χ0v) is 10.2. The number of thioether (sulfide) groups is 1. The Balaban J connectivity index is 2.23. The summed E-state index contributed by atoms with van der Waals surface area (Å²) in [5.74, 6) is -0.879. The van der Waals surface area contributed by atoms with Gasteiger partial charge in [-0.3, -0.25) is 4.79 Å². The van der Waals surface area contributed by atoms with Crippen molar-refractivity contribution in [3.05, 3.63) is 30.3 Å². The minimum Gasteiger partial charge on any atom is -0.465 e. The highest BCUT2D eigenvalue weighted by Crippen LogP contribution is 2.42. The first-order chi connectivity index (χ1) is 8.16. The number of carbonyl (C=O) groups is 2. The van der Waals surface area contributed by atoms with E-state index in [0.717, 1.165) is 4.90 Å². The van der Waals surface area contributed by atoms with Gasteiger partial charge < -0.3 is 9.47 Å². The standard InChI is InChI=1S/C12H12O4S/c1-15-11(14)12(8-7-10(13)16-12)17-9-5-3-2-4-6-9/h2-6H,7-8H2,1H3. The van der Waals surface area contributed by atoms with E-state index in [0.29, 0.717) is 6.42 Å². The zero-order valence-electron chi connectivity index (χ0n) is 9.34. The third kappa shape index (κ3) is 2.44. The summed E-state index contributed by atoms with van der Waals surface area (Å²) in [6.45, 7) is 0. The van der Waals surface area contributed by atoms with Crippen molar-refractivity contribution < 1.29 is 19.1 Å². The number of hydrogen-bond acceptors (Lipinski definition) is 5. The highest BCUT2D eigenvalue weighted by molar-refractivity contribution is 8.01. The Labute approximate surface area is 103 Å². The van der Waals surface area contributed by atoms with E-state index in [1.165, 1.54) is 18.9 Å². The van der Waals surface area contributed by atoms with Gasteiger partial charge in [0.15, 0.2) is 0 Å². The van der Waals surface area contributed by atoms with Crippen LogP contribution in [0.15, 0.2) is 35.2 Å². The Kier molecular flexibility index (Phi) is 3.38. The summed E-state index contributed by atoms with van der Waals surface area (Å²) in [7, 11) is 1.29. The van der Waals surface area contributed by atoms with Gasteiger partial charge in [-0.15, -0.1) is 0 Å². The number of cyclic esters (lactones) is 1. The summed E-state index contributed by atoms with van der Waals surface area (Å²) in [4.78, 5) is 22.6. The van der Waals surface area contributed by atoms with Gasteiger partial charge >= 0.3 is 11.9 Å². The lowest BCUT2D eigenvalue weighted by atomic mass is 10.2. The van der Waals surface area contributed by atoms with Crippen molar-refractivity contribution in [1.29, 1.82) is 0 Å². The Morgan fingerprint density at radius 1 is 1.41 bits per heavy atom. The highest BCUT2D eigenvalue weighted by atomic mass is 32.2. The molecule has 0 N–H and O–H groups in total. The molecule has 1 aromatic rings. The zero-order chi connectivity index (χ0) is 12.3. The summed E-state index contributed by atoms with van der Waals surface area (Å²) in [6, 6.07) is 9.34. The molecule has 0 amide bonds. The van der Waals surface area contributed by atoms with Crippen LogP contribution in [-0.4, -0.2) is 24.0 Å². The molecule has 1 atom stereocenters. The molecule has 1 heterocycles. The SMILES string of the molecule is COC(=O)C1(Sc2ccccc2)CCC(=O)O1. The second-order valence-electron chi connectivity index (χ2n) is 3.63. The van der Waals surface area contributed by atoms with Crippen molar-refractivity contribution in [3.63, 3.8) is 0 Å². The van der Waals surface area contributed by atoms with E-state index < -0.39 is 10.9 Å². The van der Waals surface area contributed by atoms with E-state index in [2.05, 4.69) is 0 Å². The van der Waals surface area contributed by atoms with Crippen LogP contribution in [-0.2, 0) is 19.1 Å². The van der Waals surface area contributed by atoms with Gasteiger partial charge in [0.1, 0.15) is 0 Å². The minimum atomic E-state index is -1.22. The maximum Gasteiger partial charge on any atom is 0.361 e. The van der Waals surface area contributed by atoms with Gasteiger partial charge in [-0.1, -0.05) is 30.0 Å². The molecule has 1 aromatic carbocycles. The Bertz CT molecular complexity index is 431. The molecule has 0 aliphatic carbocycles. The molecular weight excluding hydrogens is 240 g/mol. The van der Waals surface area contributed by atoms with Crippen LogP contribution in [0.5, 0.6) is 0 Å². The fraction of sp³-hybridized carbons (Fsp3) is 0.333. The molecule has 0 radical (unpaired) electrons. The van der Waals surface area contributed by atoms with Gasteiger partial charge in [0.25, 0.3) is 4.93 Å². The molecule has 17 heavy (non-hydrogen) atoms. The number of rotatable bonds is 3. The molecule has 0 aromatic heterocycles. The monoisotopic (exact) mass is 252 g/mol. The van der Waals surface area contributed by atoms with Crippen molar-refractivity contribution in [2.75, 3.05) is 7.11 Å². The lowest BCUT2D eigenvalue weighted by Gasteiger charge is -2.23. The lowest BCUT2D eigenvalue weighted by Crippen LogP contribution is -2.35. The average molecular weight is 252 g/mol. The third-order valence-corrected chi connectivity index (χ3v) is 3.75. The van der Waals surface area contributed by atoms with Crippen LogP contribution in [0.2, 0.25) is 0 Å². The Hall–Kier alpha value is -1.49. The average Bonchev–Trinajstić information content (AvgIpc) is 2.72. The summed E-state index contributed by atoms with van der Waals surface area (Å²) in [6.07, 6.45) is 0.590. The first-order valence-electron chi connectivity index (χ1n) is 5.20. The molecule has 4 nitrogen and oxygen atoms in total. The van der Waals surface area contributed by atoms with Crippen molar-refractivity contribution in [2.24, 2.45) is 0 Å². The van der Waals surface area contributed by atoms with Crippen LogP contribution in [0.1, 0.15) is 12.8 Å². The topological polar surface area (TPSA) is 52.6 Å². The first-order valence-corrected chi connectivity index (χ1v) is 6.02. The summed E-state index contributed by atoms with van der Waals surface area (Å²) in [5.41, 5.74) is 0. The maximum absolute atomic E-state index is 11.8. The summed E-state index contributed by atoms with van der Waals surface area (Å²) in [5, 5.41) is 0. The van der Waals surface area contributed by atoms with Crippen LogP contribution >= 0.6 is 11.8 Å². The molecule has 1 unspecified atom stereocenters. The first kappa shape index (κ1) is 12.0. The molecule has 1 aliphatic rings. The fourth-order valence-corrected chi connectivity index (χ4v) is 2.82. The van der Waals surface area contributed by atoms with Gasteiger partial charge in [-0.05, 0) is 12.1 Å². The maximum atomic E-state index is 11.8. The van der Waals surface area contributed by atoms with Crippen LogP contribution in [0.25, 0.3) is 0 Å². The number of methoxy groups -OCH3 is 1. The van der Waals surface area contributed by atoms with Crippen molar-refractivity contribution in [1.82, 2.24) is 0 Å². The van der Waals surface area contributed by atoms with Crippen molar-refractivity contribution >= 4 is 23.7 Å². The van der Waals surface area contributed by atoms with E-state index in [9.17, 15) is 9.59 Å². The Morgan fingerprint density at radius 3 is 2.65 bits per heavy atom. The molecule has 0 bridgehead atoms. The molecule has 1 aliphatic heterocycles. The van der Waals surface area contributed by atoms with Gasteiger partial charge in [0.05, 0.1) is 13.5 Å². The van der Waals surface area contributed by atoms with E-state index in [1.54, 1.807) is 0 Å². The van der Waals surface area contributed by atoms with Crippen LogP contribution in [0.3, 0.4) is 0 Å². The van der Waals surface area contributed by atoms with Crippen LogP contribution in [0, 0.1) is 0 Å². The second kappa shape index (κ2) is 4.79. The molecule has 2 rings (SSSR count). The Morgan fingerprint density at radius 2 is 2.12 bits per heavy atom. The number of ether oxygens (including phenoxy) is 2. The number of hydrogen-bond donors (Lipinski definition) is 0. The number of esters is 2. The smallest absolute Gasteiger partial charge is 0.361 e. The lowest BCUT2D eigenvalue weighted by molar-refractivity contribution is -0.162. The summed E-state index contributed by atoms with van der Waals surface area (Å²) < 4.78 is 9.88. The minimum absolute atomic E-state index is 0.245. The highest BCUT2D eigenvalue weighted by Gasteiger charge is 2.49. The second-order valence-corrected chi connectivity index (χ2v) is 4.97. The quantitative estimate of drug-likeness (QED) is 0.770. The molecule has 1 fully saturated rings. The van der Waals surface area contributed by atoms with E-state index in [4.69, 9.17) is 9.47 Å². The van der Waals surface area contributed by atoms with Crippen LogP contribution in [0.4, 0.5) is 0 Å². The molecule has 0 saturated carbocycles. The van der Waals surface area contributed by atoms with Gasteiger partial charge in [0, 0.05) is 11.3 Å². The largest absolute Gasteiger partial charge is 0.465 e. The van der Waals surface area contributed by atoms with Gasteiger partial charge in [0.2, 0.25) is 0 Å². The van der Waals surface area contributed by atoms with Gasteiger partial charge in [-0.2, -0.15) is 0 Å². The number of benzene rings is 1. The van der Waals surface area contributed by atoms with Crippen molar-refractivity contribution in [3.8, 4) is 0 Å². The summed E-state index contributed by atoms with van der Waals surface area (Å²) >= 11 is 1.22. The molecule has 5 heteroatoms. The molecule has 1 saturated heterocycles. The molecule has 0 spiro atoms. The molecular formula is C12H12O4S.